The summed E-state index contributed by atoms with van der Waals surface area (Å²) in [5.74, 6) is -2.09. The van der Waals surface area contributed by atoms with Crippen molar-refractivity contribution < 1.29 is 71.4 Å². The molecule has 59 heavy (non-hydrogen) atoms. The van der Waals surface area contributed by atoms with Gasteiger partial charge in [0, 0.05) is 13.8 Å². The largest absolute Gasteiger partial charge is 0.494 e. The highest BCUT2D eigenvalue weighted by Gasteiger charge is 2.16. The van der Waals surface area contributed by atoms with Gasteiger partial charge < -0.3 is 42.6 Å². The molecule has 4 rings (SSSR count). The summed E-state index contributed by atoms with van der Waals surface area (Å²) in [7, 11) is 0. The van der Waals surface area contributed by atoms with E-state index in [1.807, 2.05) is 0 Å². The maximum atomic E-state index is 12.6. The molecule has 0 N–H and O–H groups in total. The number of carbonyl (C=O) groups is 6. The summed E-state index contributed by atoms with van der Waals surface area (Å²) in [5, 5.41) is 0. The monoisotopic (exact) mass is 814 g/mol. The van der Waals surface area contributed by atoms with Gasteiger partial charge in [0.2, 0.25) is 0 Å². The summed E-state index contributed by atoms with van der Waals surface area (Å²) >= 11 is 0. The number of hydrogen-bond acceptors (Lipinski definition) is 15. The van der Waals surface area contributed by atoms with Crippen molar-refractivity contribution in [1.82, 2.24) is 0 Å². The maximum Gasteiger partial charge on any atom is 0.346 e. The van der Waals surface area contributed by atoms with Gasteiger partial charge in [-0.25, -0.2) is 19.2 Å². The molecule has 0 amide bonds. The fourth-order valence-corrected chi connectivity index (χ4v) is 5.03. The van der Waals surface area contributed by atoms with E-state index in [0.717, 1.165) is 32.6 Å². The summed E-state index contributed by atoms with van der Waals surface area (Å²) in [6.45, 7) is 5.22. The molecule has 0 spiro atoms. The summed E-state index contributed by atoms with van der Waals surface area (Å²) in [6.07, 6.45) is 3.52. The van der Waals surface area contributed by atoms with E-state index >= 15 is 0 Å². The van der Waals surface area contributed by atoms with Crippen molar-refractivity contribution in [3.8, 4) is 23.0 Å². The molecule has 0 radical (unpaired) electrons. The highest BCUT2D eigenvalue weighted by Crippen LogP contribution is 2.18. The molecule has 0 aliphatic rings. The van der Waals surface area contributed by atoms with Crippen LogP contribution in [0.15, 0.2) is 97.1 Å². The lowest BCUT2D eigenvalue weighted by Gasteiger charge is -2.09. The second-order valence-electron chi connectivity index (χ2n) is 12.6. The average Bonchev–Trinajstić information content (AvgIpc) is 3.22. The van der Waals surface area contributed by atoms with E-state index < -0.39 is 35.8 Å². The minimum atomic E-state index is -0.794. The molecule has 0 fully saturated rings. The third kappa shape index (κ3) is 17.2. The molecule has 0 atom stereocenters. The zero-order valence-electron chi connectivity index (χ0n) is 32.8. The van der Waals surface area contributed by atoms with E-state index in [9.17, 15) is 28.8 Å². The molecule has 0 unspecified atom stereocenters. The number of unbranched alkanes of at least 4 members (excludes halogenated alkanes) is 3. The Hall–Kier alpha value is -6.58. The van der Waals surface area contributed by atoms with Crippen molar-refractivity contribution in [2.75, 3.05) is 52.9 Å². The molecule has 15 nitrogen and oxygen atoms in total. The molecule has 0 aliphatic carbocycles. The van der Waals surface area contributed by atoms with E-state index in [1.165, 1.54) is 43.3 Å². The smallest absolute Gasteiger partial charge is 0.346 e. The molecule has 0 bridgehead atoms. The predicted octanol–water partition coefficient (Wildman–Crippen LogP) is 6.60. The van der Waals surface area contributed by atoms with E-state index in [-0.39, 0.29) is 35.5 Å². The van der Waals surface area contributed by atoms with Crippen molar-refractivity contribution >= 4 is 35.8 Å². The molecule has 4 aromatic carbocycles. The first-order chi connectivity index (χ1) is 28.6. The summed E-state index contributed by atoms with van der Waals surface area (Å²) in [6, 6.07) is 25.1. The van der Waals surface area contributed by atoms with Crippen molar-refractivity contribution in [1.29, 1.82) is 0 Å². The van der Waals surface area contributed by atoms with Gasteiger partial charge in [0.1, 0.15) is 36.2 Å². The molecule has 0 saturated carbocycles. The van der Waals surface area contributed by atoms with Gasteiger partial charge in [0.15, 0.2) is 0 Å². The predicted molar refractivity (Wildman–Crippen MR) is 210 cm³/mol. The van der Waals surface area contributed by atoms with Crippen LogP contribution in [0.2, 0.25) is 0 Å². The molecule has 0 aromatic heterocycles. The number of esters is 6. The molecular weight excluding hydrogens is 768 g/mol. The van der Waals surface area contributed by atoms with E-state index in [4.69, 9.17) is 33.2 Å². The minimum Gasteiger partial charge on any atom is -0.494 e. The molecular formula is C44H46O15. The number of benzene rings is 4. The number of rotatable bonds is 24. The third-order valence-electron chi connectivity index (χ3n) is 7.96. The van der Waals surface area contributed by atoms with Crippen LogP contribution in [0.25, 0.3) is 0 Å². The number of hydrogen-bond donors (Lipinski definition) is 0. The van der Waals surface area contributed by atoms with Crippen LogP contribution in [0, 0.1) is 0 Å². The van der Waals surface area contributed by atoms with Crippen LogP contribution >= 0.6 is 0 Å². The van der Waals surface area contributed by atoms with Gasteiger partial charge in [0.05, 0.1) is 61.9 Å². The lowest BCUT2D eigenvalue weighted by atomic mass is 10.2. The molecule has 0 aliphatic heterocycles. The van der Waals surface area contributed by atoms with E-state index in [1.54, 1.807) is 60.7 Å². The van der Waals surface area contributed by atoms with Crippen molar-refractivity contribution in [3.05, 3.63) is 119 Å². The van der Waals surface area contributed by atoms with Crippen LogP contribution in [0.3, 0.4) is 0 Å². The number of carbonyl (C=O) groups excluding carboxylic acids is 6. The third-order valence-corrected chi connectivity index (χ3v) is 7.96. The lowest BCUT2D eigenvalue weighted by molar-refractivity contribution is -0.136. The topological polar surface area (TPSA) is 185 Å². The van der Waals surface area contributed by atoms with E-state index in [0.29, 0.717) is 62.6 Å². The first-order valence-electron chi connectivity index (χ1n) is 18.9. The van der Waals surface area contributed by atoms with E-state index in [2.05, 4.69) is 9.47 Å². The molecule has 0 saturated heterocycles. The Morgan fingerprint density at radius 1 is 0.322 bits per heavy atom. The van der Waals surface area contributed by atoms with Gasteiger partial charge in [0.25, 0.3) is 0 Å². The van der Waals surface area contributed by atoms with Gasteiger partial charge in [-0.05, 0) is 123 Å². The SMILES string of the molecule is CC(=O)OC(=O)c1ccc(OCCCCCCOc2ccc(C(=O)OC(=O)c3ccc(OCCOCCOCCOc4ccc(C(=O)OC(C)=O)cc4)cc3)cc2)cc1. The summed E-state index contributed by atoms with van der Waals surface area (Å²) in [4.78, 5) is 70.4. The molecule has 4 aromatic rings. The van der Waals surface area contributed by atoms with Gasteiger partial charge in [-0.15, -0.1) is 0 Å². The summed E-state index contributed by atoms with van der Waals surface area (Å²) < 4.78 is 47.8. The fraction of sp³-hybridized carbons (Fsp3) is 0.318. The van der Waals surface area contributed by atoms with Crippen LogP contribution < -0.4 is 18.9 Å². The molecule has 15 heteroatoms. The van der Waals surface area contributed by atoms with Crippen LogP contribution in [-0.2, 0) is 33.3 Å². The van der Waals surface area contributed by atoms with Crippen molar-refractivity contribution in [2.45, 2.75) is 39.5 Å². The summed E-state index contributed by atoms with van der Waals surface area (Å²) in [5.41, 5.74) is 0.902. The lowest BCUT2D eigenvalue weighted by Crippen LogP contribution is -2.14. The first kappa shape index (κ1) is 45.1. The highest BCUT2D eigenvalue weighted by atomic mass is 16.6. The Kier molecular flexibility index (Phi) is 19.1. The quantitative estimate of drug-likeness (QED) is 0.0319. The van der Waals surface area contributed by atoms with Crippen LogP contribution in [-0.4, -0.2) is 88.7 Å². The molecule has 0 heterocycles. The Morgan fingerprint density at radius 2 is 0.576 bits per heavy atom. The zero-order chi connectivity index (χ0) is 42.2. The Balaban J connectivity index is 0.994. The Bertz CT molecular complexity index is 1960. The fourth-order valence-electron chi connectivity index (χ4n) is 5.03. The normalized spacial score (nSPS) is 10.5. The minimum absolute atomic E-state index is 0.185. The highest BCUT2D eigenvalue weighted by molar-refractivity contribution is 6.02. The molecule has 312 valence electrons. The van der Waals surface area contributed by atoms with Gasteiger partial charge in [-0.2, -0.15) is 0 Å². The zero-order valence-corrected chi connectivity index (χ0v) is 32.8. The second-order valence-corrected chi connectivity index (χ2v) is 12.6. The van der Waals surface area contributed by atoms with Crippen LogP contribution in [0.5, 0.6) is 23.0 Å². The first-order valence-corrected chi connectivity index (χ1v) is 18.9. The van der Waals surface area contributed by atoms with Crippen molar-refractivity contribution in [3.63, 3.8) is 0 Å². The van der Waals surface area contributed by atoms with Gasteiger partial charge in [-0.3, -0.25) is 9.59 Å². The van der Waals surface area contributed by atoms with Crippen LogP contribution in [0.1, 0.15) is 81.0 Å². The van der Waals surface area contributed by atoms with Gasteiger partial charge >= 0.3 is 35.8 Å². The standard InChI is InChI=1S/C44H46O15/c1-31(45)57-41(47)33-7-15-37(16-8-33)53-23-5-3-4-6-24-54-38-17-11-35(12-18-38)43(49)59-44(50)36-13-21-40(22-14-36)56-30-28-52-26-25-51-27-29-55-39-19-9-34(10-20-39)42(48)58-32(2)46/h7-22H,3-6,23-30H2,1-2H3. The van der Waals surface area contributed by atoms with Crippen molar-refractivity contribution in [2.24, 2.45) is 0 Å². The average molecular weight is 815 g/mol. The van der Waals surface area contributed by atoms with Gasteiger partial charge in [-0.1, -0.05) is 0 Å². The Morgan fingerprint density at radius 3 is 0.864 bits per heavy atom. The maximum absolute atomic E-state index is 12.6. The second kappa shape index (κ2) is 24.9. The number of ether oxygens (including phenoxy) is 9. The van der Waals surface area contributed by atoms with Crippen LogP contribution in [0.4, 0.5) is 0 Å². The Labute approximate surface area is 341 Å².